The number of nitrogens with zero attached hydrogens (tertiary/aromatic N) is 2. The number of rotatable bonds is 6. The lowest BCUT2D eigenvalue weighted by Gasteiger charge is -2.18. The molecular weight excluding hydrogens is 218 g/mol. The second kappa shape index (κ2) is 6.21. The predicted molar refractivity (Wildman–Crippen MR) is 72.5 cm³/mol. The molecular formula is C12H23N3S. The average molecular weight is 241 g/mol. The van der Waals surface area contributed by atoms with Gasteiger partial charge in [0.2, 0.25) is 0 Å². The van der Waals surface area contributed by atoms with E-state index in [-0.39, 0.29) is 0 Å². The molecule has 0 fully saturated rings. The Labute approximate surface area is 103 Å². The van der Waals surface area contributed by atoms with Gasteiger partial charge in [-0.05, 0) is 34.2 Å². The minimum atomic E-state index is 0.395. The highest BCUT2D eigenvalue weighted by molar-refractivity contribution is 7.15. The van der Waals surface area contributed by atoms with Crippen LogP contribution in [0.1, 0.15) is 43.8 Å². The molecule has 1 aromatic heterocycles. The summed E-state index contributed by atoms with van der Waals surface area (Å²) in [4.78, 5) is 8.38. The van der Waals surface area contributed by atoms with Crippen LogP contribution in [0.25, 0.3) is 0 Å². The summed E-state index contributed by atoms with van der Waals surface area (Å²) in [6.45, 7) is 10.8. The van der Waals surface area contributed by atoms with Crippen molar-refractivity contribution in [3.8, 4) is 0 Å². The van der Waals surface area contributed by atoms with Crippen molar-refractivity contribution in [1.29, 1.82) is 0 Å². The summed E-state index contributed by atoms with van der Waals surface area (Å²) in [7, 11) is 1.99. The maximum Gasteiger partial charge on any atom is 0.185 e. The molecule has 0 amide bonds. The van der Waals surface area contributed by atoms with Gasteiger partial charge in [0.1, 0.15) is 0 Å². The van der Waals surface area contributed by atoms with E-state index >= 15 is 0 Å². The molecule has 0 aliphatic heterocycles. The van der Waals surface area contributed by atoms with E-state index in [2.05, 4.69) is 42.9 Å². The second-order valence-electron chi connectivity index (χ2n) is 4.04. The third-order valence-electron chi connectivity index (χ3n) is 2.79. The van der Waals surface area contributed by atoms with E-state index in [1.165, 1.54) is 16.4 Å². The molecule has 1 N–H and O–H groups in total. The highest BCUT2D eigenvalue weighted by atomic mass is 32.1. The Morgan fingerprint density at radius 2 is 2.12 bits per heavy atom. The summed E-state index contributed by atoms with van der Waals surface area (Å²) in [6.07, 6.45) is 1.17. The Morgan fingerprint density at radius 1 is 1.44 bits per heavy atom. The number of aryl methyl sites for hydroxylation is 1. The first-order valence-electron chi connectivity index (χ1n) is 6.03. The molecule has 1 heterocycles. The third kappa shape index (κ3) is 2.95. The molecule has 4 heteroatoms. The van der Waals surface area contributed by atoms with E-state index in [4.69, 9.17) is 0 Å². The molecule has 1 unspecified atom stereocenters. The molecule has 3 nitrogen and oxygen atoms in total. The highest BCUT2D eigenvalue weighted by Gasteiger charge is 2.15. The third-order valence-corrected chi connectivity index (χ3v) is 4.19. The second-order valence-corrected chi connectivity index (χ2v) is 5.05. The molecule has 1 aromatic rings. The van der Waals surface area contributed by atoms with Crippen molar-refractivity contribution < 1.29 is 0 Å². The number of hydrogen-bond donors (Lipinski definition) is 1. The topological polar surface area (TPSA) is 28.2 Å². The molecule has 0 spiro atoms. The molecule has 0 aromatic carbocycles. The zero-order chi connectivity index (χ0) is 12.1. The molecule has 0 saturated heterocycles. The number of aromatic nitrogens is 1. The maximum atomic E-state index is 4.67. The van der Waals surface area contributed by atoms with Gasteiger partial charge in [0.15, 0.2) is 5.13 Å². The van der Waals surface area contributed by atoms with Gasteiger partial charge in [-0.2, -0.15) is 0 Å². The fourth-order valence-corrected chi connectivity index (χ4v) is 2.94. The molecule has 0 bridgehead atoms. The van der Waals surface area contributed by atoms with Gasteiger partial charge in [0, 0.05) is 24.0 Å². The number of anilines is 1. The van der Waals surface area contributed by atoms with Crippen LogP contribution >= 0.6 is 11.3 Å². The van der Waals surface area contributed by atoms with Crippen LogP contribution in [0.3, 0.4) is 0 Å². The smallest absolute Gasteiger partial charge is 0.185 e. The molecule has 16 heavy (non-hydrogen) atoms. The van der Waals surface area contributed by atoms with Gasteiger partial charge in [-0.1, -0.05) is 6.92 Å². The molecule has 0 saturated carbocycles. The van der Waals surface area contributed by atoms with Crippen LogP contribution in [-0.4, -0.2) is 25.1 Å². The van der Waals surface area contributed by atoms with Gasteiger partial charge in [0.25, 0.3) is 0 Å². The first-order chi connectivity index (χ1) is 7.63. The zero-order valence-corrected chi connectivity index (χ0v) is 11.8. The van der Waals surface area contributed by atoms with Crippen molar-refractivity contribution in [3.05, 3.63) is 10.6 Å². The van der Waals surface area contributed by atoms with Crippen LogP contribution in [0.15, 0.2) is 0 Å². The summed E-state index contributed by atoms with van der Waals surface area (Å²) in [5.74, 6) is 0. The van der Waals surface area contributed by atoms with Crippen molar-refractivity contribution in [2.24, 2.45) is 0 Å². The fraction of sp³-hybridized carbons (Fsp3) is 0.750. The lowest BCUT2D eigenvalue weighted by atomic mass is 10.2. The van der Waals surface area contributed by atoms with Crippen molar-refractivity contribution in [3.63, 3.8) is 0 Å². The van der Waals surface area contributed by atoms with E-state index < -0.39 is 0 Å². The Bertz CT molecular complexity index is 322. The van der Waals surface area contributed by atoms with Crippen LogP contribution in [0.5, 0.6) is 0 Å². The first-order valence-corrected chi connectivity index (χ1v) is 6.85. The molecule has 0 aliphatic carbocycles. The van der Waals surface area contributed by atoms with Gasteiger partial charge >= 0.3 is 0 Å². The van der Waals surface area contributed by atoms with E-state index in [0.717, 1.165) is 18.8 Å². The van der Waals surface area contributed by atoms with E-state index in [9.17, 15) is 0 Å². The van der Waals surface area contributed by atoms with Gasteiger partial charge in [0.05, 0.1) is 5.69 Å². The lowest BCUT2D eigenvalue weighted by molar-refractivity contribution is 0.658. The monoisotopic (exact) mass is 241 g/mol. The Balaban J connectivity index is 2.89. The molecule has 0 radical (unpaired) electrons. The van der Waals surface area contributed by atoms with Crippen molar-refractivity contribution >= 4 is 16.5 Å². The Kier molecular flexibility index (Phi) is 5.22. The average Bonchev–Trinajstić information content (AvgIpc) is 2.67. The van der Waals surface area contributed by atoms with Crippen LogP contribution in [0.2, 0.25) is 0 Å². The van der Waals surface area contributed by atoms with Crippen LogP contribution in [-0.2, 0) is 0 Å². The van der Waals surface area contributed by atoms with Crippen LogP contribution in [0, 0.1) is 6.92 Å². The van der Waals surface area contributed by atoms with E-state index in [1.54, 1.807) is 0 Å². The number of nitrogens with one attached hydrogen (secondary N) is 1. The minimum Gasteiger partial charge on any atom is -0.348 e. The summed E-state index contributed by atoms with van der Waals surface area (Å²) >= 11 is 1.82. The summed E-state index contributed by atoms with van der Waals surface area (Å²) in [5, 5.41) is 4.44. The Morgan fingerprint density at radius 3 is 2.62 bits per heavy atom. The largest absolute Gasteiger partial charge is 0.348 e. The van der Waals surface area contributed by atoms with E-state index in [0.29, 0.717) is 6.04 Å². The summed E-state index contributed by atoms with van der Waals surface area (Å²) in [6, 6.07) is 0.395. The number of hydrogen-bond acceptors (Lipinski definition) is 4. The minimum absolute atomic E-state index is 0.395. The SMILES string of the molecule is CCCN(CC)c1nc(C)c(C(C)NC)s1. The van der Waals surface area contributed by atoms with Crippen molar-refractivity contribution in [2.75, 3.05) is 25.0 Å². The van der Waals surface area contributed by atoms with Crippen LogP contribution in [0.4, 0.5) is 5.13 Å². The summed E-state index contributed by atoms with van der Waals surface area (Å²) in [5.41, 5.74) is 1.16. The fourth-order valence-electron chi connectivity index (χ4n) is 1.72. The maximum absolute atomic E-state index is 4.67. The highest BCUT2D eigenvalue weighted by Crippen LogP contribution is 2.30. The molecule has 1 rings (SSSR count). The first kappa shape index (κ1) is 13.5. The van der Waals surface area contributed by atoms with Gasteiger partial charge in [-0.25, -0.2) is 4.98 Å². The van der Waals surface area contributed by atoms with E-state index in [1.807, 2.05) is 18.4 Å². The quantitative estimate of drug-likeness (QED) is 0.830. The molecule has 92 valence electrons. The molecule has 1 atom stereocenters. The normalized spacial score (nSPS) is 12.8. The lowest BCUT2D eigenvalue weighted by Crippen LogP contribution is -2.23. The van der Waals surface area contributed by atoms with Gasteiger partial charge in [-0.3, -0.25) is 0 Å². The van der Waals surface area contributed by atoms with Gasteiger partial charge < -0.3 is 10.2 Å². The molecule has 0 aliphatic rings. The predicted octanol–water partition coefficient (Wildman–Crippen LogP) is 2.97. The van der Waals surface area contributed by atoms with Crippen molar-refractivity contribution in [1.82, 2.24) is 10.3 Å². The standard InChI is InChI=1S/C12H23N3S/c1-6-8-15(7-2)12-14-10(4)11(16-12)9(3)13-5/h9,13H,6-8H2,1-5H3. The van der Waals surface area contributed by atoms with Gasteiger partial charge in [-0.15, -0.1) is 11.3 Å². The van der Waals surface area contributed by atoms with Crippen LogP contribution < -0.4 is 10.2 Å². The summed E-state index contributed by atoms with van der Waals surface area (Å²) < 4.78 is 0. The zero-order valence-electron chi connectivity index (χ0n) is 11.0. The Hall–Kier alpha value is -0.610. The van der Waals surface area contributed by atoms with Crippen molar-refractivity contribution in [2.45, 2.75) is 40.2 Å². The number of thiazole rings is 1.